The van der Waals surface area contributed by atoms with Crippen LogP contribution in [0.3, 0.4) is 0 Å². The second-order valence-electron chi connectivity index (χ2n) is 5.38. The van der Waals surface area contributed by atoms with E-state index in [9.17, 15) is 20.1 Å². The van der Waals surface area contributed by atoms with Crippen molar-refractivity contribution in [1.29, 1.82) is 10.5 Å². The predicted molar refractivity (Wildman–Crippen MR) is 69.9 cm³/mol. The van der Waals surface area contributed by atoms with E-state index in [1.54, 1.807) is 39.8 Å². The van der Waals surface area contributed by atoms with Gasteiger partial charge in [0.05, 0.1) is 24.3 Å². The minimum absolute atomic E-state index is 0.459. The second-order valence-corrected chi connectivity index (χ2v) is 5.38. The Morgan fingerprint density at radius 3 is 1.25 bits per heavy atom. The van der Waals surface area contributed by atoms with Crippen molar-refractivity contribution in [2.45, 2.75) is 53.8 Å². The van der Waals surface area contributed by atoms with E-state index in [0.717, 1.165) is 0 Å². The lowest BCUT2D eigenvalue weighted by molar-refractivity contribution is -0.173. The summed E-state index contributed by atoms with van der Waals surface area (Å²) in [6, 6.07) is 3.46. The molecular weight excluding hydrogens is 260 g/mol. The number of carbonyl (C=O) groups is 2. The highest BCUT2D eigenvalue weighted by atomic mass is 16.6. The number of ether oxygens (including phenoxy) is 2. The number of nitrogens with zero attached hydrogens (tertiary/aromatic N) is 2. The summed E-state index contributed by atoms with van der Waals surface area (Å²) in [6.45, 7) is 8.89. The van der Waals surface area contributed by atoms with Gasteiger partial charge in [-0.05, 0) is 41.5 Å². The summed E-state index contributed by atoms with van der Waals surface area (Å²) >= 11 is 0. The molecule has 0 N–H and O–H groups in total. The fourth-order valence-corrected chi connectivity index (χ4v) is 1.39. The molecule has 0 saturated heterocycles. The van der Waals surface area contributed by atoms with Crippen LogP contribution in [0.15, 0.2) is 0 Å². The molecule has 0 amide bonds. The molecule has 2 unspecified atom stereocenters. The molecule has 0 aliphatic heterocycles. The van der Waals surface area contributed by atoms with Gasteiger partial charge in [0.1, 0.15) is 0 Å². The maximum Gasteiger partial charge on any atom is 0.328 e. The van der Waals surface area contributed by atoms with Crippen molar-refractivity contribution in [2.24, 2.45) is 10.8 Å². The first-order valence-electron chi connectivity index (χ1n) is 6.29. The van der Waals surface area contributed by atoms with Crippen LogP contribution in [0.2, 0.25) is 0 Å². The zero-order valence-corrected chi connectivity index (χ0v) is 12.7. The quantitative estimate of drug-likeness (QED) is 0.713. The average Bonchev–Trinajstić information content (AvgIpc) is 2.34. The Hall–Kier alpha value is -2.08. The molecule has 6 heteroatoms. The molecule has 0 aliphatic carbocycles. The van der Waals surface area contributed by atoms with Crippen LogP contribution in [-0.2, 0) is 19.1 Å². The van der Waals surface area contributed by atoms with E-state index in [1.165, 1.54) is 13.8 Å². The van der Waals surface area contributed by atoms with Crippen LogP contribution < -0.4 is 0 Å². The molecule has 6 nitrogen and oxygen atoms in total. The molecule has 0 spiro atoms. The SMILES string of the molecule is CC(C)OC(=O)C(C)(C#N)C(C)(C#N)C(=O)OC(C)C. The Labute approximate surface area is 119 Å². The summed E-state index contributed by atoms with van der Waals surface area (Å²) in [7, 11) is 0. The van der Waals surface area contributed by atoms with Crippen molar-refractivity contribution < 1.29 is 19.1 Å². The molecule has 2 atom stereocenters. The third-order valence-corrected chi connectivity index (χ3v) is 2.95. The Balaban J connectivity index is 5.68. The third-order valence-electron chi connectivity index (χ3n) is 2.95. The molecule has 0 radical (unpaired) electrons. The van der Waals surface area contributed by atoms with Crippen LogP contribution in [0, 0.1) is 33.5 Å². The van der Waals surface area contributed by atoms with E-state index >= 15 is 0 Å². The number of hydrogen-bond donors (Lipinski definition) is 0. The van der Waals surface area contributed by atoms with E-state index in [1.807, 2.05) is 0 Å². The second kappa shape index (κ2) is 6.38. The maximum absolute atomic E-state index is 12.1. The fraction of sp³-hybridized carbons (Fsp3) is 0.714. The lowest BCUT2D eigenvalue weighted by Crippen LogP contribution is -2.49. The summed E-state index contributed by atoms with van der Waals surface area (Å²) in [6.07, 6.45) is -0.918. The van der Waals surface area contributed by atoms with E-state index in [0.29, 0.717) is 0 Å². The summed E-state index contributed by atoms with van der Waals surface area (Å²) in [4.78, 5) is 24.2. The molecule has 110 valence electrons. The Bertz CT molecular complexity index is 429. The van der Waals surface area contributed by atoms with Gasteiger partial charge in [-0.1, -0.05) is 0 Å². The fourth-order valence-electron chi connectivity index (χ4n) is 1.39. The Morgan fingerprint density at radius 1 is 0.850 bits per heavy atom. The van der Waals surface area contributed by atoms with Gasteiger partial charge in [0.25, 0.3) is 0 Å². The molecule has 0 aromatic rings. The van der Waals surface area contributed by atoms with Gasteiger partial charge < -0.3 is 9.47 Å². The van der Waals surface area contributed by atoms with Gasteiger partial charge in [-0.25, -0.2) is 0 Å². The van der Waals surface area contributed by atoms with Crippen molar-refractivity contribution in [3.8, 4) is 12.1 Å². The van der Waals surface area contributed by atoms with Gasteiger partial charge in [-0.15, -0.1) is 0 Å². The van der Waals surface area contributed by atoms with Gasteiger partial charge >= 0.3 is 11.9 Å². The molecule has 0 aromatic heterocycles. The largest absolute Gasteiger partial charge is 0.462 e. The van der Waals surface area contributed by atoms with Gasteiger partial charge in [-0.3, -0.25) is 9.59 Å². The zero-order chi connectivity index (χ0) is 16.1. The number of nitriles is 2. The monoisotopic (exact) mass is 280 g/mol. The van der Waals surface area contributed by atoms with E-state index in [-0.39, 0.29) is 0 Å². The molecule has 0 fully saturated rings. The molecule has 20 heavy (non-hydrogen) atoms. The van der Waals surface area contributed by atoms with Crippen LogP contribution in [0.1, 0.15) is 41.5 Å². The summed E-state index contributed by atoms with van der Waals surface area (Å²) in [5, 5.41) is 18.6. The number of rotatable bonds is 5. The maximum atomic E-state index is 12.1. The van der Waals surface area contributed by atoms with E-state index in [2.05, 4.69) is 0 Å². The van der Waals surface area contributed by atoms with Gasteiger partial charge in [0.2, 0.25) is 0 Å². The van der Waals surface area contributed by atoms with Gasteiger partial charge in [0.15, 0.2) is 10.8 Å². The average molecular weight is 280 g/mol. The Morgan fingerprint density at radius 2 is 1.10 bits per heavy atom. The first-order valence-corrected chi connectivity index (χ1v) is 6.29. The topological polar surface area (TPSA) is 100 Å². The van der Waals surface area contributed by atoms with Gasteiger partial charge in [-0.2, -0.15) is 10.5 Å². The van der Waals surface area contributed by atoms with Gasteiger partial charge in [0, 0.05) is 0 Å². The molecule has 0 aliphatic rings. The molecule has 0 rings (SSSR count). The molecule has 0 aromatic carbocycles. The summed E-state index contributed by atoms with van der Waals surface area (Å²) < 4.78 is 9.98. The van der Waals surface area contributed by atoms with Crippen LogP contribution in [-0.4, -0.2) is 24.1 Å². The number of esters is 2. The van der Waals surface area contributed by atoms with Crippen molar-refractivity contribution in [3.63, 3.8) is 0 Å². The number of carbonyl (C=O) groups excluding carboxylic acids is 2. The standard InChI is InChI=1S/C14H20N2O4/c1-9(2)19-11(17)13(5,7-15)14(6,8-16)12(18)20-10(3)4/h9-10H,1-6H3. The molecular formula is C14H20N2O4. The van der Waals surface area contributed by atoms with Crippen molar-refractivity contribution in [1.82, 2.24) is 0 Å². The smallest absolute Gasteiger partial charge is 0.328 e. The van der Waals surface area contributed by atoms with Crippen molar-refractivity contribution >= 4 is 11.9 Å². The minimum Gasteiger partial charge on any atom is -0.462 e. The summed E-state index contributed by atoms with van der Waals surface area (Å²) in [5.41, 5.74) is -3.89. The Kier molecular flexibility index (Phi) is 5.72. The predicted octanol–water partition coefficient (Wildman–Crippen LogP) is 1.95. The summed E-state index contributed by atoms with van der Waals surface area (Å²) in [5.74, 6) is -1.83. The highest BCUT2D eigenvalue weighted by molar-refractivity contribution is 5.92. The lowest BCUT2D eigenvalue weighted by atomic mass is 9.67. The minimum atomic E-state index is -1.95. The molecule has 0 bridgehead atoms. The van der Waals surface area contributed by atoms with E-state index in [4.69, 9.17) is 9.47 Å². The highest BCUT2D eigenvalue weighted by Crippen LogP contribution is 2.41. The van der Waals surface area contributed by atoms with Crippen LogP contribution in [0.25, 0.3) is 0 Å². The van der Waals surface area contributed by atoms with Crippen LogP contribution in [0.4, 0.5) is 0 Å². The van der Waals surface area contributed by atoms with Crippen LogP contribution in [0.5, 0.6) is 0 Å². The highest BCUT2D eigenvalue weighted by Gasteiger charge is 2.59. The first kappa shape index (κ1) is 17.9. The third kappa shape index (κ3) is 3.27. The van der Waals surface area contributed by atoms with Crippen LogP contribution >= 0.6 is 0 Å². The normalized spacial score (nSPS) is 16.5. The van der Waals surface area contributed by atoms with E-state index < -0.39 is 35.0 Å². The van der Waals surface area contributed by atoms with Crippen molar-refractivity contribution in [3.05, 3.63) is 0 Å². The number of hydrogen-bond acceptors (Lipinski definition) is 6. The molecule has 0 saturated carbocycles. The zero-order valence-electron chi connectivity index (χ0n) is 12.7. The first-order chi connectivity index (χ1) is 9.05. The lowest BCUT2D eigenvalue weighted by Gasteiger charge is -2.33. The molecule has 0 heterocycles. The van der Waals surface area contributed by atoms with Crippen molar-refractivity contribution in [2.75, 3.05) is 0 Å².